The molecule has 1 aliphatic carbocycles. The smallest absolute Gasteiger partial charge is 0.227 e. The van der Waals surface area contributed by atoms with E-state index in [1.807, 2.05) is 42.5 Å². The summed E-state index contributed by atoms with van der Waals surface area (Å²) in [4.78, 5) is 12.1. The standard InChI is InChI=1S/C19H12O2/c20-17-11-13-7-4-8-15-14(12-5-2-1-3-6-12)9-10-16(18(13)15)19(17)21/h1-11,20H. The van der Waals surface area contributed by atoms with Crippen molar-refractivity contribution >= 4 is 22.6 Å². The van der Waals surface area contributed by atoms with Crippen LogP contribution in [0.25, 0.3) is 28.0 Å². The van der Waals surface area contributed by atoms with Crippen molar-refractivity contribution in [1.29, 1.82) is 0 Å². The van der Waals surface area contributed by atoms with Gasteiger partial charge in [0.25, 0.3) is 0 Å². The molecule has 2 nitrogen and oxygen atoms in total. The Bertz CT molecular complexity index is 906. The molecule has 0 radical (unpaired) electrons. The zero-order valence-corrected chi connectivity index (χ0v) is 11.2. The number of rotatable bonds is 1. The van der Waals surface area contributed by atoms with Gasteiger partial charge in [-0.1, -0.05) is 54.6 Å². The normalized spacial score (nSPS) is 13.3. The SMILES string of the molecule is O=C1C(O)=Cc2cccc3c(-c4ccccc4)ccc1c23. The predicted octanol–water partition coefficient (Wildman–Crippen LogP) is 4.60. The Morgan fingerprint density at radius 2 is 1.52 bits per heavy atom. The molecule has 21 heavy (non-hydrogen) atoms. The average molecular weight is 272 g/mol. The van der Waals surface area contributed by atoms with E-state index in [0.29, 0.717) is 5.56 Å². The first-order chi connectivity index (χ1) is 10.3. The molecule has 0 aliphatic heterocycles. The van der Waals surface area contributed by atoms with Gasteiger partial charge in [0, 0.05) is 10.9 Å². The van der Waals surface area contributed by atoms with Gasteiger partial charge in [-0.15, -0.1) is 0 Å². The lowest BCUT2D eigenvalue weighted by atomic mass is 9.87. The fraction of sp³-hybridized carbons (Fsp3) is 0. The number of hydrogen-bond donors (Lipinski definition) is 1. The Morgan fingerprint density at radius 1 is 0.762 bits per heavy atom. The van der Waals surface area contributed by atoms with E-state index in [-0.39, 0.29) is 11.5 Å². The summed E-state index contributed by atoms with van der Waals surface area (Å²) < 4.78 is 0. The van der Waals surface area contributed by atoms with Crippen molar-refractivity contribution in [1.82, 2.24) is 0 Å². The number of hydrogen-bond acceptors (Lipinski definition) is 2. The number of benzene rings is 3. The van der Waals surface area contributed by atoms with Crippen LogP contribution in [0.15, 0.2) is 66.4 Å². The molecule has 0 atom stereocenters. The van der Waals surface area contributed by atoms with Gasteiger partial charge in [-0.2, -0.15) is 0 Å². The third kappa shape index (κ3) is 1.69. The largest absolute Gasteiger partial charge is 0.504 e. The molecule has 0 heterocycles. The van der Waals surface area contributed by atoms with E-state index in [4.69, 9.17) is 0 Å². The molecule has 0 fully saturated rings. The number of Topliss-reactive ketones (excluding diaryl/α,β-unsaturated/α-hetero) is 1. The summed E-state index contributed by atoms with van der Waals surface area (Å²) in [5.41, 5.74) is 3.67. The van der Waals surface area contributed by atoms with Gasteiger partial charge in [0.15, 0.2) is 5.76 Å². The van der Waals surface area contributed by atoms with Crippen LogP contribution in [0.5, 0.6) is 0 Å². The van der Waals surface area contributed by atoms with Gasteiger partial charge in [0.2, 0.25) is 5.78 Å². The Balaban J connectivity index is 2.12. The van der Waals surface area contributed by atoms with Crippen molar-refractivity contribution in [2.45, 2.75) is 0 Å². The van der Waals surface area contributed by atoms with Crippen molar-refractivity contribution < 1.29 is 9.90 Å². The van der Waals surface area contributed by atoms with Crippen LogP contribution in [0.1, 0.15) is 15.9 Å². The second kappa shape index (κ2) is 4.32. The molecule has 0 saturated carbocycles. The number of ketones is 1. The summed E-state index contributed by atoms with van der Waals surface area (Å²) in [7, 11) is 0. The van der Waals surface area contributed by atoms with E-state index >= 15 is 0 Å². The molecule has 3 aromatic carbocycles. The lowest BCUT2D eigenvalue weighted by molar-refractivity contribution is 0.0981. The summed E-state index contributed by atoms with van der Waals surface area (Å²) >= 11 is 0. The molecule has 0 unspecified atom stereocenters. The Morgan fingerprint density at radius 3 is 2.33 bits per heavy atom. The molecule has 0 spiro atoms. The third-order valence-electron chi connectivity index (χ3n) is 3.93. The topological polar surface area (TPSA) is 37.3 Å². The highest BCUT2D eigenvalue weighted by molar-refractivity contribution is 6.23. The van der Waals surface area contributed by atoms with Crippen molar-refractivity contribution in [3.05, 3.63) is 77.5 Å². The zero-order valence-electron chi connectivity index (χ0n) is 11.2. The molecular weight excluding hydrogens is 260 g/mol. The number of carbonyl (C=O) groups excluding carboxylic acids is 1. The molecule has 1 N–H and O–H groups in total. The molecule has 0 aromatic heterocycles. The minimum absolute atomic E-state index is 0.192. The average Bonchev–Trinajstić information content (AvgIpc) is 2.53. The van der Waals surface area contributed by atoms with Crippen molar-refractivity contribution in [3.8, 4) is 11.1 Å². The maximum atomic E-state index is 12.1. The van der Waals surface area contributed by atoms with Crippen LogP contribution in [-0.4, -0.2) is 10.9 Å². The fourth-order valence-electron chi connectivity index (χ4n) is 2.96. The van der Waals surface area contributed by atoms with E-state index in [1.54, 1.807) is 12.1 Å². The second-order valence-electron chi connectivity index (χ2n) is 5.16. The van der Waals surface area contributed by atoms with Crippen LogP contribution < -0.4 is 0 Å². The van der Waals surface area contributed by atoms with Gasteiger partial charge in [-0.3, -0.25) is 4.79 Å². The van der Waals surface area contributed by atoms with Gasteiger partial charge < -0.3 is 5.11 Å². The van der Waals surface area contributed by atoms with Crippen molar-refractivity contribution in [2.75, 3.05) is 0 Å². The first-order valence-electron chi connectivity index (χ1n) is 6.82. The predicted molar refractivity (Wildman–Crippen MR) is 84.3 cm³/mol. The van der Waals surface area contributed by atoms with Gasteiger partial charge in [-0.05, 0) is 34.2 Å². The highest BCUT2D eigenvalue weighted by atomic mass is 16.3. The van der Waals surface area contributed by atoms with Crippen LogP contribution in [-0.2, 0) is 0 Å². The van der Waals surface area contributed by atoms with Crippen LogP contribution in [0.3, 0.4) is 0 Å². The van der Waals surface area contributed by atoms with E-state index in [2.05, 4.69) is 12.1 Å². The highest BCUT2D eigenvalue weighted by Crippen LogP contribution is 2.36. The molecule has 0 amide bonds. The number of allylic oxidation sites excluding steroid dienone is 1. The number of carbonyl (C=O) groups is 1. The maximum absolute atomic E-state index is 12.1. The third-order valence-corrected chi connectivity index (χ3v) is 3.93. The molecule has 3 aromatic rings. The monoisotopic (exact) mass is 272 g/mol. The molecule has 0 bridgehead atoms. The van der Waals surface area contributed by atoms with Gasteiger partial charge in [0.1, 0.15) is 0 Å². The summed E-state index contributed by atoms with van der Waals surface area (Å²) in [6, 6.07) is 19.8. The van der Waals surface area contributed by atoms with E-state index in [9.17, 15) is 9.90 Å². The molecule has 100 valence electrons. The first kappa shape index (κ1) is 11.9. The van der Waals surface area contributed by atoms with Gasteiger partial charge in [0.05, 0.1) is 0 Å². The van der Waals surface area contributed by atoms with E-state index < -0.39 is 0 Å². The Hall–Kier alpha value is -2.87. The van der Waals surface area contributed by atoms with Crippen LogP contribution >= 0.6 is 0 Å². The van der Waals surface area contributed by atoms with Gasteiger partial charge >= 0.3 is 0 Å². The Kier molecular flexibility index (Phi) is 2.45. The molecule has 2 heteroatoms. The maximum Gasteiger partial charge on any atom is 0.227 e. The molecule has 1 aliphatic rings. The number of aliphatic hydroxyl groups is 1. The lowest BCUT2D eigenvalue weighted by Crippen LogP contribution is -2.08. The van der Waals surface area contributed by atoms with Crippen LogP contribution in [0.4, 0.5) is 0 Å². The zero-order chi connectivity index (χ0) is 14.4. The van der Waals surface area contributed by atoms with E-state index in [1.165, 1.54) is 0 Å². The first-order valence-corrected chi connectivity index (χ1v) is 6.82. The van der Waals surface area contributed by atoms with Crippen LogP contribution in [0.2, 0.25) is 0 Å². The van der Waals surface area contributed by atoms with E-state index in [0.717, 1.165) is 27.5 Å². The summed E-state index contributed by atoms with van der Waals surface area (Å²) in [6.07, 6.45) is 1.55. The fourth-order valence-corrected chi connectivity index (χ4v) is 2.96. The highest BCUT2D eigenvalue weighted by Gasteiger charge is 2.22. The van der Waals surface area contributed by atoms with Crippen molar-refractivity contribution in [3.63, 3.8) is 0 Å². The number of aliphatic hydroxyl groups excluding tert-OH is 1. The molecule has 4 rings (SSSR count). The quantitative estimate of drug-likeness (QED) is 0.702. The van der Waals surface area contributed by atoms with Crippen molar-refractivity contribution in [2.24, 2.45) is 0 Å². The molecule has 0 saturated heterocycles. The van der Waals surface area contributed by atoms with Gasteiger partial charge in [-0.25, -0.2) is 0 Å². The minimum atomic E-state index is -0.307. The summed E-state index contributed by atoms with van der Waals surface area (Å²) in [5.74, 6) is -0.499. The lowest BCUT2D eigenvalue weighted by Gasteiger charge is -2.16. The second-order valence-corrected chi connectivity index (χ2v) is 5.16. The molecular formula is C19H12O2. The summed E-state index contributed by atoms with van der Waals surface area (Å²) in [5, 5.41) is 11.7. The minimum Gasteiger partial charge on any atom is -0.504 e. The van der Waals surface area contributed by atoms with Crippen LogP contribution in [0, 0.1) is 0 Å². The Labute approximate surface area is 122 Å². The summed E-state index contributed by atoms with van der Waals surface area (Å²) in [6.45, 7) is 0.